The molecular weight excluding hydrogens is 538 g/mol. The van der Waals surface area contributed by atoms with E-state index in [1.54, 1.807) is 30.3 Å². The summed E-state index contributed by atoms with van der Waals surface area (Å²) in [5.74, 6) is -3.47. The zero-order valence-electron chi connectivity index (χ0n) is 18.0. The number of rotatable bonds is 9. The zero-order chi connectivity index (χ0) is 26.0. The van der Waals surface area contributed by atoms with Gasteiger partial charge in [0.1, 0.15) is 17.1 Å². The molecule has 15 nitrogen and oxygen atoms in total. The van der Waals surface area contributed by atoms with Gasteiger partial charge in [-0.25, -0.2) is 9.48 Å². The van der Waals surface area contributed by atoms with Crippen LogP contribution in [-0.4, -0.2) is 94.8 Å². The molecule has 4 N–H and O–H groups in total. The highest BCUT2D eigenvalue weighted by Gasteiger charge is 2.54. The van der Waals surface area contributed by atoms with Crippen molar-refractivity contribution in [1.82, 2.24) is 30.4 Å². The van der Waals surface area contributed by atoms with Gasteiger partial charge in [0.25, 0.3) is 21.9 Å². The predicted molar refractivity (Wildman–Crippen MR) is 125 cm³/mol. The Labute approximate surface area is 211 Å². The first-order valence-electron chi connectivity index (χ1n) is 9.93. The van der Waals surface area contributed by atoms with E-state index in [0.717, 1.165) is 21.3 Å². The van der Waals surface area contributed by atoms with Crippen molar-refractivity contribution >= 4 is 57.1 Å². The zero-order valence-corrected chi connectivity index (χ0v) is 20.4. The van der Waals surface area contributed by atoms with Crippen molar-refractivity contribution < 1.29 is 37.7 Å². The van der Waals surface area contributed by atoms with Crippen LogP contribution in [0.15, 0.2) is 51.9 Å². The molecule has 1 aromatic heterocycles. The van der Waals surface area contributed by atoms with Crippen LogP contribution in [0.25, 0.3) is 0 Å². The summed E-state index contributed by atoms with van der Waals surface area (Å²) in [6, 6.07) is 7.08. The first kappa shape index (κ1) is 25.6. The van der Waals surface area contributed by atoms with Crippen LogP contribution in [0.3, 0.4) is 0 Å². The van der Waals surface area contributed by atoms with E-state index in [-0.39, 0.29) is 28.1 Å². The highest BCUT2D eigenvalue weighted by Crippen LogP contribution is 2.41. The van der Waals surface area contributed by atoms with E-state index < -0.39 is 45.2 Å². The summed E-state index contributed by atoms with van der Waals surface area (Å²) in [6.07, 6.45) is 0. The Morgan fingerprint density at radius 3 is 2.64 bits per heavy atom. The van der Waals surface area contributed by atoms with Crippen LogP contribution >= 0.6 is 23.5 Å². The highest BCUT2D eigenvalue weighted by molar-refractivity contribution is 8.01. The van der Waals surface area contributed by atoms with Gasteiger partial charge in [-0.15, -0.1) is 16.9 Å². The van der Waals surface area contributed by atoms with E-state index in [9.17, 15) is 33.1 Å². The quantitative estimate of drug-likeness (QED) is 0.0747. The summed E-state index contributed by atoms with van der Waals surface area (Å²) < 4.78 is 32.1. The van der Waals surface area contributed by atoms with Crippen LogP contribution in [0.4, 0.5) is 0 Å². The van der Waals surface area contributed by atoms with Crippen LogP contribution in [-0.2, 0) is 30.4 Å². The molecule has 18 heteroatoms. The van der Waals surface area contributed by atoms with Gasteiger partial charge >= 0.3 is 5.97 Å². The fourth-order valence-electron chi connectivity index (χ4n) is 3.52. The summed E-state index contributed by atoms with van der Waals surface area (Å²) in [4.78, 5) is 38.6. The summed E-state index contributed by atoms with van der Waals surface area (Å²) >= 11 is 2.15. The SMILES string of the molecule is O=C(O)C1=C(CSc2nnnn2CS(=O)(=O)O)CS[C@@H]2C(NC(=O)/C(=N/O)c3ccccc3)C(=O)N12. The van der Waals surface area contributed by atoms with Gasteiger partial charge in [-0.05, 0) is 16.0 Å². The van der Waals surface area contributed by atoms with Crippen molar-refractivity contribution in [2.45, 2.75) is 22.4 Å². The van der Waals surface area contributed by atoms with Gasteiger partial charge in [0.15, 0.2) is 11.6 Å². The number of nitrogens with one attached hydrogen (secondary N) is 1. The lowest BCUT2D eigenvalue weighted by Gasteiger charge is -2.49. The Bertz CT molecular complexity index is 1380. The molecule has 36 heavy (non-hydrogen) atoms. The number of β-lactam (4-membered cyclic amide) rings is 1. The number of carboxylic acid groups (broad SMARTS) is 1. The largest absolute Gasteiger partial charge is 0.477 e. The van der Waals surface area contributed by atoms with Gasteiger partial charge in [0.05, 0.1) is 0 Å². The van der Waals surface area contributed by atoms with E-state index in [2.05, 4.69) is 26.0 Å². The Morgan fingerprint density at radius 2 is 2.00 bits per heavy atom. The summed E-state index contributed by atoms with van der Waals surface area (Å²) in [6.45, 7) is 0. The van der Waals surface area contributed by atoms with Gasteiger partial charge in [-0.3, -0.25) is 19.0 Å². The van der Waals surface area contributed by atoms with E-state index in [4.69, 9.17) is 4.55 Å². The first-order valence-corrected chi connectivity index (χ1v) is 13.6. The third-order valence-corrected chi connectivity index (χ3v) is 8.01. The van der Waals surface area contributed by atoms with E-state index in [0.29, 0.717) is 11.1 Å². The molecule has 4 rings (SSSR count). The number of oxime groups is 1. The smallest absolute Gasteiger partial charge is 0.352 e. The Kier molecular flexibility index (Phi) is 7.29. The van der Waals surface area contributed by atoms with Crippen LogP contribution in [0.1, 0.15) is 5.56 Å². The maximum Gasteiger partial charge on any atom is 0.352 e. The number of thioether (sulfide) groups is 2. The van der Waals surface area contributed by atoms with Gasteiger partial charge in [-0.2, -0.15) is 8.42 Å². The minimum Gasteiger partial charge on any atom is -0.477 e. The lowest BCUT2D eigenvalue weighted by Crippen LogP contribution is -2.71. The number of carbonyl (C=O) groups is 3. The fraction of sp³-hybridized carbons (Fsp3) is 0.278. The molecular formula is C18H17N7O8S3. The highest BCUT2D eigenvalue weighted by atomic mass is 32.2. The normalized spacial score (nSPS) is 20.1. The molecule has 0 spiro atoms. The lowest BCUT2D eigenvalue weighted by molar-refractivity contribution is -0.150. The number of hydrogen-bond donors (Lipinski definition) is 4. The monoisotopic (exact) mass is 555 g/mol. The molecule has 0 bridgehead atoms. The average Bonchev–Trinajstić information content (AvgIpc) is 3.26. The third-order valence-electron chi connectivity index (χ3n) is 5.06. The number of nitrogens with zero attached hydrogens (tertiary/aromatic N) is 6. The minimum atomic E-state index is -4.41. The van der Waals surface area contributed by atoms with E-state index >= 15 is 0 Å². The standard InChI is InChI=1S/C18H17N7O8S3/c26-14(11(21-30)9-4-2-1-3-5-9)19-12-15(27)25-13(17(28)29)10(6-34-16(12)25)7-35-18-20-22-23-24(18)8-36(31,32)33/h1-5,12,16,30H,6-8H2,(H,19,26)(H,28,29)(H,31,32,33)/b21-11+/t12?,16-/m1/s1. The summed E-state index contributed by atoms with van der Waals surface area (Å²) in [5.41, 5.74) is 0.139. The maximum atomic E-state index is 12.8. The second-order valence-corrected chi connectivity index (χ2v) is 10.9. The molecule has 2 amide bonds. The molecule has 2 aromatic rings. The number of carboxylic acids is 1. The Morgan fingerprint density at radius 1 is 1.28 bits per heavy atom. The number of aliphatic carboxylic acids is 1. The number of hydrogen-bond acceptors (Lipinski definition) is 12. The second kappa shape index (κ2) is 10.2. The maximum absolute atomic E-state index is 12.8. The van der Waals surface area contributed by atoms with Crippen molar-refractivity contribution in [3.05, 3.63) is 47.2 Å². The molecule has 0 radical (unpaired) electrons. The number of tetrazole rings is 1. The molecule has 0 saturated carbocycles. The fourth-order valence-corrected chi connectivity index (χ4v) is 6.45. The molecule has 190 valence electrons. The first-order chi connectivity index (χ1) is 17.1. The van der Waals surface area contributed by atoms with Crippen LogP contribution < -0.4 is 5.32 Å². The van der Waals surface area contributed by atoms with Crippen LogP contribution in [0.5, 0.6) is 0 Å². The number of amides is 2. The van der Waals surface area contributed by atoms with Crippen LogP contribution in [0.2, 0.25) is 0 Å². The third kappa shape index (κ3) is 5.20. The van der Waals surface area contributed by atoms with Crippen molar-refractivity contribution in [2.75, 3.05) is 11.5 Å². The topological polar surface area (TPSA) is 217 Å². The number of carbonyl (C=O) groups excluding carboxylic acids is 2. The van der Waals surface area contributed by atoms with Crippen molar-refractivity contribution in [2.24, 2.45) is 5.16 Å². The van der Waals surface area contributed by atoms with Crippen LogP contribution in [0, 0.1) is 0 Å². The second-order valence-electron chi connectivity index (χ2n) is 7.39. The van der Waals surface area contributed by atoms with Crippen molar-refractivity contribution in [3.63, 3.8) is 0 Å². The predicted octanol–water partition coefficient (Wildman–Crippen LogP) is -0.772. The van der Waals surface area contributed by atoms with E-state index in [1.807, 2.05) is 0 Å². The lowest BCUT2D eigenvalue weighted by atomic mass is 10.0. The Balaban J connectivity index is 1.48. The summed E-state index contributed by atoms with van der Waals surface area (Å²) in [5, 5.41) is 34.4. The number of aromatic nitrogens is 4. The Hall–Kier alpha value is -3.48. The molecule has 2 aliphatic heterocycles. The van der Waals surface area contributed by atoms with Gasteiger partial charge in [0, 0.05) is 17.1 Å². The molecule has 2 aliphatic rings. The molecule has 1 saturated heterocycles. The molecule has 1 fully saturated rings. The van der Waals surface area contributed by atoms with Gasteiger partial charge in [0.2, 0.25) is 5.16 Å². The molecule has 2 atom stereocenters. The van der Waals surface area contributed by atoms with E-state index in [1.165, 1.54) is 11.8 Å². The molecule has 1 aromatic carbocycles. The summed E-state index contributed by atoms with van der Waals surface area (Å²) in [7, 11) is -4.41. The average molecular weight is 556 g/mol. The minimum absolute atomic E-state index is 0.0172. The molecule has 1 unspecified atom stereocenters. The molecule has 3 heterocycles. The van der Waals surface area contributed by atoms with Crippen molar-refractivity contribution in [1.29, 1.82) is 0 Å². The van der Waals surface area contributed by atoms with Crippen molar-refractivity contribution in [3.8, 4) is 0 Å². The van der Waals surface area contributed by atoms with Gasteiger partial charge < -0.3 is 15.6 Å². The number of fused-ring (bicyclic) bond motifs is 1. The van der Waals surface area contributed by atoms with Gasteiger partial charge in [-0.1, -0.05) is 47.2 Å². The molecule has 0 aliphatic carbocycles. The number of benzene rings is 1.